The number of alkyl carbamates (subject to hydrolysis) is 1. The van der Waals surface area contributed by atoms with Crippen LogP contribution in [0.25, 0.3) is 0 Å². The van der Waals surface area contributed by atoms with Crippen molar-refractivity contribution >= 4 is 35.0 Å². The fraction of sp³-hybridized carbons (Fsp3) is 0.545. The SMILES string of the molecule is CC(C)(C)OC(=O)NC(CC(=O)O)c1scnc1Cl. The molecule has 0 aliphatic heterocycles. The molecule has 0 radical (unpaired) electrons. The van der Waals surface area contributed by atoms with Gasteiger partial charge in [0.2, 0.25) is 0 Å². The Morgan fingerprint density at radius 3 is 2.63 bits per heavy atom. The molecular weight excluding hydrogens is 292 g/mol. The monoisotopic (exact) mass is 306 g/mol. The van der Waals surface area contributed by atoms with Gasteiger partial charge in [0.05, 0.1) is 22.9 Å². The third kappa shape index (κ3) is 5.44. The van der Waals surface area contributed by atoms with Gasteiger partial charge in [-0.25, -0.2) is 9.78 Å². The van der Waals surface area contributed by atoms with Crippen molar-refractivity contribution in [1.82, 2.24) is 10.3 Å². The predicted molar refractivity (Wildman–Crippen MR) is 71.5 cm³/mol. The number of carboxylic acid groups (broad SMARTS) is 1. The topological polar surface area (TPSA) is 88.5 Å². The number of rotatable bonds is 4. The third-order valence-electron chi connectivity index (χ3n) is 1.94. The highest BCUT2D eigenvalue weighted by Crippen LogP contribution is 2.28. The van der Waals surface area contributed by atoms with E-state index < -0.39 is 23.7 Å². The number of aliphatic carboxylic acids is 1. The van der Waals surface area contributed by atoms with Crippen molar-refractivity contribution < 1.29 is 19.4 Å². The maximum atomic E-state index is 11.7. The summed E-state index contributed by atoms with van der Waals surface area (Å²) in [5.74, 6) is -1.05. The summed E-state index contributed by atoms with van der Waals surface area (Å²) >= 11 is 7.03. The van der Waals surface area contributed by atoms with E-state index in [0.29, 0.717) is 4.88 Å². The number of nitrogens with zero attached hydrogens (tertiary/aromatic N) is 1. The molecule has 0 aromatic carbocycles. The molecule has 8 heteroatoms. The highest BCUT2D eigenvalue weighted by atomic mass is 35.5. The van der Waals surface area contributed by atoms with Crippen LogP contribution in [0.4, 0.5) is 4.79 Å². The summed E-state index contributed by atoms with van der Waals surface area (Å²) in [6.45, 7) is 5.16. The Hall–Kier alpha value is -1.34. The van der Waals surface area contributed by atoms with Gasteiger partial charge in [0.25, 0.3) is 0 Å². The maximum absolute atomic E-state index is 11.7. The lowest BCUT2D eigenvalue weighted by Crippen LogP contribution is -2.35. The first-order chi connectivity index (χ1) is 8.69. The minimum Gasteiger partial charge on any atom is -0.481 e. The first-order valence-electron chi connectivity index (χ1n) is 5.49. The molecule has 1 amide bonds. The van der Waals surface area contributed by atoms with Gasteiger partial charge in [0.15, 0.2) is 0 Å². The molecule has 0 fully saturated rings. The maximum Gasteiger partial charge on any atom is 0.408 e. The molecule has 1 aromatic rings. The standard InChI is InChI=1S/C11H15ClN2O4S/c1-11(2,3)18-10(17)14-6(4-7(15)16)8-9(12)13-5-19-8/h5-6H,4H2,1-3H3,(H,14,17)(H,15,16). The molecular formula is C11H15ClN2O4S. The fourth-order valence-corrected chi connectivity index (χ4v) is 2.40. The molecule has 2 N–H and O–H groups in total. The minimum absolute atomic E-state index is 0.187. The number of hydrogen-bond donors (Lipinski definition) is 2. The summed E-state index contributed by atoms with van der Waals surface area (Å²) in [6, 6.07) is -0.757. The Morgan fingerprint density at radius 2 is 2.21 bits per heavy atom. The molecule has 0 bridgehead atoms. The van der Waals surface area contributed by atoms with Gasteiger partial charge < -0.3 is 15.2 Å². The van der Waals surface area contributed by atoms with Crippen molar-refractivity contribution in [1.29, 1.82) is 0 Å². The van der Waals surface area contributed by atoms with Crippen molar-refractivity contribution in [2.45, 2.75) is 38.8 Å². The quantitative estimate of drug-likeness (QED) is 0.893. The predicted octanol–water partition coefficient (Wildman–Crippen LogP) is 2.84. The lowest BCUT2D eigenvalue weighted by atomic mass is 10.2. The second kappa shape index (κ2) is 6.21. The Kier molecular flexibility index (Phi) is 5.13. The van der Waals surface area contributed by atoms with Crippen molar-refractivity contribution in [3.05, 3.63) is 15.5 Å². The molecule has 1 heterocycles. The lowest BCUT2D eigenvalue weighted by molar-refractivity contribution is -0.137. The molecule has 1 unspecified atom stereocenters. The van der Waals surface area contributed by atoms with Gasteiger partial charge in [-0.15, -0.1) is 11.3 Å². The molecule has 1 atom stereocenters. The summed E-state index contributed by atoms with van der Waals surface area (Å²) in [6.07, 6.45) is -0.982. The summed E-state index contributed by atoms with van der Waals surface area (Å²) in [4.78, 5) is 26.8. The van der Waals surface area contributed by atoms with E-state index >= 15 is 0 Å². The van der Waals surface area contributed by atoms with Gasteiger partial charge in [0.1, 0.15) is 10.8 Å². The van der Waals surface area contributed by atoms with Gasteiger partial charge in [-0.2, -0.15) is 0 Å². The summed E-state index contributed by atoms with van der Waals surface area (Å²) in [5, 5.41) is 11.5. The second-order valence-electron chi connectivity index (χ2n) is 4.80. The van der Waals surface area contributed by atoms with Gasteiger partial charge in [-0.05, 0) is 20.8 Å². The van der Waals surface area contributed by atoms with Crippen molar-refractivity contribution in [2.24, 2.45) is 0 Å². The normalized spacial score (nSPS) is 12.8. The zero-order valence-corrected chi connectivity index (χ0v) is 12.3. The average molecular weight is 307 g/mol. The van der Waals surface area contributed by atoms with E-state index in [2.05, 4.69) is 10.3 Å². The summed E-state index contributed by atoms with van der Waals surface area (Å²) in [7, 11) is 0. The lowest BCUT2D eigenvalue weighted by Gasteiger charge is -2.22. The zero-order valence-electron chi connectivity index (χ0n) is 10.8. The highest BCUT2D eigenvalue weighted by Gasteiger charge is 2.25. The van der Waals surface area contributed by atoms with Crippen LogP contribution in [0.5, 0.6) is 0 Å². The van der Waals surface area contributed by atoms with Crippen LogP contribution in [0.3, 0.4) is 0 Å². The van der Waals surface area contributed by atoms with Gasteiger partial charge in [-0.1, -0.05) is 11.6 Å². The molecule has 0 spiro atoms. The van der Waals surface area contributed by atoms with E-state index in [-0.39, 0.29) is 11.6 Å². The van der Waals surface area contributed by atoms with E-state index in [1.165, 1.54) is 16.8 Å². The number of aromatic nitrogens is 1. The van der Waals surface area contributed by atoms with Crippen LogP contribution in [0.15, 0.2) is 5.51 Å². The molecule has 0 aliphatic carbocycles. The number of thiazole rings is 1. The first kappa shape index (κ1) is 15.7. The largest absolute Gasteiger partial charge is 0.481 e. The van der Waals surface area contributed by atoms with Crippen LogP contribution in [0.1, 0.15) is 38.1 Å². The number of carboxylic acids is 1. The number of hydrogen-bond acceptors (Lipinski definition) is 5. The minimum atomic E-state index is -1.05. The number of amides is 1. The first-order valence-corrected chi connectivity index (χ1v) is 6.75. The van der Waals surface area contributed by atoms with Gasteiger partial charge in [0, 0.05) is 0 Å². The van der Waals surface area contributed by atoms with E-state index in [4.69, 9.17) is 21.4 Å². The highest BCUT2D eigenvalue weighted by molar-refractivity contribution is 7.10. The van der Waals surface area contributed by atoms with Crippen LogP contribution in [0, 0.1) is 0 Å². The third-order valence-corrected chi connectivity index (χ3v) is 3.29. The molecule has 1 aromatic heterocycles. The van der Waals surface area contributed by atoms with E-state index in [0.717, 1.165) is 0 Å². The van der Waals surface area contributed by atoms with E-state index in [9.17, 15) is 9.59 Å². The number of carbonyl (C=O) groups is 2. The Balaban J connectivity index is 2.79. The van der Waals surface area contributed by atoms with Crippen molar-refractivity contribution in [3.63, 3.8) is 0 Å². The van der Waals surface area contributed by atoms with Crippen LogP contribution in [0.2, 0.25) is 5.15 Å². The average Bonchev–Trinajstić information content (AvgIpc) is 2.59. The van der Waals surface area contributed by atoms with E-state index in [1.54, 1.807) is 20.8 Å². The smallest absolute Gasteiger partial charge is 0.408 e. The molecule has 1 rings (SSSR count). The van der Waals surface area contributed by atoms with Gasteiger partial charge in [-0.3, -0.25) is 4.79 Å². The van der Waals surface area contributed by atoms with E-state index in [1.807, 2.05) is 0 Å². The number of nitrogens with one attached hydrogen (secondary N) is 1. The molecule has 6 nitrogen and oxygen atoms in total. The Bertz CT molecular complexity index is 470. The number of ether oxygens (including phenoxy) is 1. The van der Waals surface area contributed by atoms with Gasteiger partial charge >= 0.3 is 12.1 Å². The number of halogens is 1. The van der Waals surface area contributed by atoms with Crippen molar-refractivity contribution in [3.8, 4) is 0 Å². The zero-order chi connectivity index (χ0) is 14.6. The fourth-order valence-electron chi connectivity index (χ4n) is 1.30. The molecule has 0 saturated carbocycles. The molecule has 0 aliphatic rings. The molecule has 0 saturated heterocycles. The molecule has 19 heavy (non-hydrogen) atoms. The Labute approximate surface area is 119 Å². The van der Waals surface area contributed by atoms with Crippen LogP contribution < -0.4 is 5.32 Å². The number of carbonyl (C=O) groups excluding carboxylic acids is 1. The van der Waals surface area contributed by atoms with Crippen LogP contribution in [-0.2, 0) is 9.53 Å². The van der Waals surface area contributed by atoms with Crippen LogP contribution in [-0.4, -0.2) is 27.8 Å². The Morgan fingerprint density at radius 1 is 1.58 bits per heavy atom. The van der Waals surface area contributed by atoms with Crippen molar-refractivity contribution in [2.75, 3.05) is 0 Å². The second-order valence-corrected chi connectivity index (χ2v) is 6.05. The van der Waals surface area contributed by atoms with Crippen LogP contribution >= 0.6 is 22.9 Å². The molecule has 106 valence electrons. The summed E-state index contributed by atoms with van der Waals surface area (Å²) < 4.78 is 5.09. The summed E-state index contributed by atoms with van der Waals surface area (Å²) in [5.41, 5.74) is 0.832.